The molecule has 11 heteroatoms. The van der Waals surface area contributed by atoms with Gasteiger partial charge in [-0.1, -0.05) is 6.92 Å². The van der Waals surface area contributed by atoms with E-state index in [1.165, 1.54) is 16.4 Å². The maximum absolute atomic E-state index is 13.1. The van der Waals surface area contributed by atoms with Crippen molar-refractivity contribution in [2.45, 2.75) is 37.6 Å². The molecule has 0 saturated carbocycles. The van der Waals surface area contributed by atoms with E-state index in [9.17, 15) is 18.5 Å². The van der Waals surface area contributed by atoms with Crippen LogP contribution in [0.5, 0.6) is 0 Å². The van der Waals surface area contributed by atoms with Crippen LogP contribution in [0.2, 0.25) is 0 Å². The Morgan fingerprint density at radius 1 is 1.21 bits per heavy atom. The van der Waals surface area contributed by atoms with Crippen molar-refractivity contribution in [1.82, 2.24) is 9.21 Å². The van der Waals surface area contributed by atoms with Crippen LogP contribution in [0.4, 0.5) is 11.4 Å². The molecule has 10 nitrogen and oxygen atoms in total. The predicted molar refractivity (Wildman–Crippen MR) is 127 cm³/mol. The lowest BCUT2D eigenvalue weighted by Crippen LogP contribution is -2.41. The van der Waals surface area contributed by atoms with Gasteiger partial charge in [-0.3, -0.25) is 15.0 Å². The summed E-state index contributed by atoms with van der Waals surface area (Å²) >= 11 is 0. The molecule has 2 aliphatic heterocycles. The van der Waals surface area contributed by atoms with E-state index >= 15 is 0 Å². The number of hydrogen-bond donors (Lipinski definition) is 1. The summed E-state index contributed by atoms with van der Waals surface area (Å²) in [7, 11) is -3.79. The molecule has 1 aromatic carbocycles. The number of nitro benzene ring substituents is 1. The number of nitrogens with zero attached hydrogens (tertiary/aromatic N) is 3. The highest BCUT2D eigenvalue weighted by Gasteiger charge is 2.31. The molecule has 2 fully saturated rings. The Morgan fingerprint density at radius 2 is 1.97 bits per heavy atom. The second-order valence-electron chi connectivity index (χ2n) is 9.04. The number of piperidine rings is 1. The fraction of sp³-hybridized carbons (Fsp3) is 0.565. The van der Waals surface area contributed by atoms with E-state index in [4.69, 9.17) is 9.15 Å². The molecule has 0 amide bonds. The molecule has 1 aromatic heterocycles. The molecule has 2 aliphatic rings. The van der Waals surface area contributed by atoms with Gasteiger partial charge in [-0.15, -0.1) is 0 Å². The number of nitro groups is 1. The van der Waals surface area contributed by atoms with Crippen molar-refractivity contribution in [2.75, 3.05) is 51.3 Å². The summed E-state index contributed by atoms with van der Waals surface area (Å²) < 4.78 is 39.0. The first-order chi connectivity index (χ1) is 16.3. The molecular weight excluding hydrogens is 460 g/mol. The summed E-state index contributed by atoms with van der Waals surface area (Å²) in [4.78, 5) is 13.5. The van der Waals surface area contributed by atoms with Crippen LogP contribution in [0.1, 0.15) is 37.3 Å². The Hall–Kier alpha value is -2.47. The zero-order valence-corrected chi connectivity index (χ0v) is 20.4. The van der Waals surface area contributed by atoms with Crippen molar-refractivity contribution < 1.29 is 22.5 Å². The smallest absolute Gasteiger partial charge is 0.293 e. The zero-order chi connectivity index (χ0) is 24.3. The van der Waals surface area contributed by atoms with E-state index in [2.05, 4.69) is 10.2 Å². The molecule has 0 bridgehead atoms. The minimum atomic E-state index is -3.79. The molecule has 2 saturated heterocycles. The molecule has 3 heterocycles. The van der Waals surface area contributed by atoms with Gasteiger partial charge in [-0.2, -0.15) is 4.31 Å². The average molecular weight is 493 g/mol. The lowest BCUT2D eigenvalue weighted by Gasteiger charge is -2.33. The Kier molecular flexibility index (Phi) is 7.56. The second kappa shape index (κ2) is 10.4. The van der Waals surface area contributed by atoms with E-state index in [0.717, 1.165) is 43.5 Å². The van der Waals surface area contributed by atoms with Gasteiger partial charge in [-0.05, 0) is 49.9 Å². The molecule has 1 N–H and O–H groups in total. The minimum Gasteiger partial charge on any atom is -0.465 e. The van der Waals surface area contributed by atoms with Crippen LogP contribution in [0.25, 0.3) is 0 Å². The van der Waals surface area contributed by atoms with Gasteiger partial charge < -0.3 is 14.5 Å². The molecule has 2 atom stereocenters. The van der Waals surface area contributed by atoms with Crippen LogP contribution in [0.15, 0.2) is 39.6 Å². The summed E-state index contributed by atoms with van der Waals surface area (Å²) in [6.45, 7) is 7.78. The van der Waals surface area contributed by atoms with Crippen molar-refractivity contribution in [3.8, 4) is 0 Å². The number of anilines is 1. The van der Waals surface area contributed by atoms with Crippen LogP contribution in [0.3, 0.4) is 0 Å². The first-order valence-corrected chi connectivity index (χ1v) is 13.1. The Labute approximate surface area is 200 Å². The number of benzene rings is 1. The molecule has 2 aromatic rings. The topological polar surface area (TPSA) is 118 Å². The van der Waals surface area contributed by atoms with Crippen LogP contribution >= 0.6 is 0 Å². The van der Waals surface area contributed by atoms with Crippen molar-refractivity contribution in [2.24, 2.45) is 5.92 Å². The molecule has 34 heavy (non-hydrogen) atoms. The van der Waals surface area contributed by atoms with Crippen LogP contribution in [0, 0.1) is 23.0 Å². The first kappa shape index (κ1) is 24.6. The van der Waals surface area contributed by atoms with Gasteiger partial charge in [0.15, 0.2) is 0 Å². The largest absolute Gasteiger partial charge is 0.465 e. The number of sulfonamides is 1. The Morgan fingerprint density at radius 3 is 2.62 bits per heavy atom. The van der Waals surface area contributed by atoms with Crippen LogP contribution < -0.4 is 5.32 Å². The summed E-state index contributed by atoms with van der Waals surface area (Å²) in [6.07, 6.45) is 1.77. The summed E-state index contributed by atoms with van der Waals surface area (Å²) in [5.74, 6) is 1.83. The number of morpholine rings is 1. The van der Waals surface area contributed by atoms with Gasteiger partial charge in [-0.25, -0.2) is 8.42 Å². The maximum atomic E-state index is 13.1. The highest BCUT2D eigenvalue weighted by molar-refractivity contribution is 7.89. The highest BCUT2D eigenvalue weighted by atomic mass is 32.2. The Bertz CT molecular complexity index is 1110. The monoisotopic (exact) mass is 492 g/mol. The molecule has 2 unspecified atom stereocenters. The van der Waals surface area contributed by atoms with Gasteiger partial charge >= 0.3 is 0 Å². The fourth-order valence-corrected chi connectivity index (χ4v) is 6.24. The number of nitrogens with one attached hydrogen (secondary N) is 1. The van der Waals surface area contributed by atoms with E-state index in [-0.39, 0.29) is 28.2 Å². The van der Waals surface area contributed by atoms with Crippen molar-refractivity contribution >= 4 is 21.4 Å². The van der Waals surface area contributed by atoms with E-state index in [1.54, 1.807) is 0 Å². The predicted octanol–water partition coefficient (Wildman–Crippen LogP) is 3.40. The third kappa shape index (κ3) is 5.43. The van der Waals surface area contributed by atoms with Crippen LogP contribution in [-0.2, 0) is 14.8 Å². The standard InChI is InChI=1S/C23H32N4O6S/c1-17-4-3-9-26(16-17)34(30,31)19-6-7-20(21(14-19)27(28)29)24-15-22(23-8-5-18(2)33-23)25-10-12-32-13-11-25/h5-8,14,17,22,24H,3-4,9-13,15-16H2,1-2H3. The number of hydrogen-bond acceptors (Lipinski definition) is 8. The van der Waals surface area contributed by atoms with E-state index in [1.807, 2.05) is 26.0 Å². The lowest BCUT2D eigenvalue weighted by molar-refractivity contribution is -0.384. The zero-order valence-electron chi connectivity index (χ0n) is 19.6. The molecule has 4 rings (SSSR count). The SMILES string of the molecule is Cc1ccc(C(CNc2ccc(S(=O)(=O)N3CCCC(C)C3)cc2[N+](=O)[O-])N2CCOCC2)o1. The first-order valence-electron chi connectivity index (χ1n) is 11.7. The van der Waals surface area contributed by atoms with Crippen molar-refractivity contribution in [3.63, 3.8) is 0 Å². The molecule has 0 aliphatic carbocycles. The lowest BCUT2D eigenvalue weighted by atomic mass is 10.0. The van der Waals surface area contributed by atoms with Crippen molar-refractivity contribution in [3.05, 3.63) is 52.0 Å². The number of ether oxygens (including phenoxy) is 1. The normalized spacial score (nSPS) is 21.3. The maximum Gasteiger partial charge on any atom is 0.293 e. The summed E-state index contributed by atoms with van der Waals surface area (Å²) in [5.41, 5.74) is 0.0139. The second-order valence-corrected chi connectivity index (χ2v) is 11.0. The van der Waals surface area contributed by atoms with Crippen molar-refractivity contribution in [1.29, 1.82) is 0 Å². The average Bonchev–Trinajstić information content (AvgIpc) is 3.25. The third-order valence-corrected chi connectivity index (χ3v) is 8.35. The molecule has 186 valence electrons. The molecule has 0 spiro atoms. The Balaban J connectivity index is 1.56. The van der Waals surface area contributed by atoms with Crippen LogP contribution in [-0.4, -0.2) is 68.5 Å². The highest BCUT2D eigenvalue weighted by Crippen LogP contribution is 2.32. The van der Waals surface area contributed by atoms with Gasteiger partial charge in [0.25, 0.3) is 5.69 Å². The third-order valence-electron chi connectivity index (χ3n) is 6.49. The van der Waals surface area contributed by atoms with Gasteiger partial charge in [0.2, 0.25) is 10.0 Å². The van der Waals surface area contributed by atoms with Gasteiger partial charge in [0.1, 0.15) is 17.2 Å². The molecular formula is C23H32N4O6S. The van der Waals surface area contributed by atoms with E-state index < -0.39 is 14.9 Å². The summed E-state index contributed by atoms with van der Waals surface area (Å²) in [5, 5.41) is 15.0. The fourth-order valence-electron chi connectivity index (χ4n) is 4.62. The minimum absolute atomic E-state index is 0.0507. The quantitative estimate of drug-likeness (QED) is 0.440. The molecule has 0 radical (unpaired) electrons. The summed E-state index contributed by atoms with van der Waals surface area (Å²) in [6, 6.07) is 7.77. The number of aryl methyl sites for hydroxylation is 1. The van der Waals surface area contributed by atoms with E-state index in [0.29, 0.717) is 32.8 Å². The van der Waals surface area contributed by atoms with Gasteiger partial charge in [0, 0.05) is 38.8 Å². The van der Waals surface area contributed by atoms with Gasteiger partial charge in [0.05, 0.1) is 29.1 Å². The number of rotatable bonds is 8. The number of furan rings is 1.